The Kier molecular flexibility index (Phi) is 3.65. The van der Waals surface area contributed by atoms with E-state index in [1.807, 2.05) is 23.9 Å². The Morgan fingerprint density at radius 2 is 2.09 bits per heavy atom. The van der Waals surface area contributed by atoms with E-state index in [4.69, 9.17) is 4.43 Å². The Bertz CT molecular complexity index is 208. The van der Waals surface area contributed by atoms with Crippen molar-refractivity contribution in [1.82, 2.24) is 0 Å². The lowest BCUT2D eigenvalue weighted by Gasteiger charge is -1.99. The van der Waals surface area contributed by atoms with Crippen LogP contribution in [0.2, 0.25) is 0 Å². The molecule has 0 aromatic heterocycles. The molecule has 2 heteroatoms. The largest absolute Gasteiger partial charge is 0.415 e. The Balaban J connectivity index is 2.33. The number of benzene rings is 1. The summed E-state index contributed by atoms with van der Waals surface area (Å²) in [5.41, 5.74) is 3.13. The molecule has 0 atom stereocenters. The van der Waals surface area contributed by atoms with E-state index in [1.54, 1.807) is 0 Å². The minimum absolute atomic E-state index is 0.458. The fraction of sp³-hybridized carbons (Fsp3) is 0.111. The first-order valence-corrected chi connectivity index (χ1v) is 5.05. The molecule has 0 amide bonds. The zero-order valence-corrected chi connectivity index (χ0v) is 7.91. The van der Waals surface area contributed by atoms with Crippen molar-refractivity contribution in [2.75, 3.05) is 0 Å². The maximum absolute atomic E-state index is 5.39. The predicted octanol–water partition coefficient (Wildman–Crippen LogP) is 1.43. The van der Waals surface area contributed by atoms with Crippen molar-refractivity contribution in [1.29, 1.82) is 0 Å². The van der Waals surface area contributed by atoms with Crippen molar-refractivity contribution in [3.8, 4) is 0 Å². The molecule has 1 aromatic carbocycles. The molecule has 0 bridgehead atoms. The molecule has 1 aromatic rings. The van der Waals surface area contributed by atoms with Gasteiger partial charge in [-0.15, -0.1) is 6.58 Å². The summed E-state index contributed by atoms with van der Waals surface area (Å²) >= 11 is 0. The first-order chi connectivity index (χ1) is 5.43. The Morgan fingerprint density at radius 3 is 2.73 bits per heavy atom. The molecular weight excluding hydrogens is 152 g/mol. The van der Waals surface area contributed by atoms with Gasteiger partial charge in [0.15, 0.2) is 9.76 Å². The van der Waals surface area contributed by atoms with Crippen LogP contribution in [-0.4, -0.2) is 9.76 Å². The van der Waals surface area contributed by atoms with Crippen LogP contribution in [0.25, 0.3) is 0 Å². The third-order valence-corrected chi connectivity index (χ3v) is 2.02. The van der Waals surface area contributed by atoms with E-state index in [1.165, 1.54) is 5.56 Å². The van der Waals surface area contributed by atoms with Crippen LogP contribution >= 0.6 is 0 Å². The topological polar surface area (TPSA) is 9.23 Å². The van der Waals surface area contributed by atoms with Gasteiger partial charge in [0.05, 0.1) is 6.61 Å². The highest BCUT2D eigenvalue weighted by molar-refractivity contribution is 6.33. The van der Waals surface area contributed by atoms with Gasteiger partial charge in [0, 0.05) is 0 Å². The van der Waals surface area contributed by atoms with Crippen LogP contribution < -0.4 is 0 Å². The molecule has 1 nitrogen and oxygen atoms in total. The molecule has 11 heavy (non-hydrogen) atoms. The molecule has 0 saturated carbocycles. The van der Waals surface area contributed by atoms with Crippen LogP contribution in [-0.2, 0) is 11.0 Å². The van der Waals surface area contributed by atoms with Crippen molar-refractivity contribution in [3.63, 3.8) is 0 Å². The maximum atomic E-state index is 5.39. The lowest BCUT2D eigenvalue weighted by molar-refractivity contribution is 0.330. The molecule has 1 rings (SSSR count). The average Bonchev–Trinajstić information content (AvgIpc) is 2.07. The summed E-state index contributed by atoms with van der Waals surface area (Å²) in [4.78, 5) is 0. The molecule has 0 fully saturated rings. The normalized spacial score (nSPS) is 10.5. The van der Waals surface area contributed by atoms with E-state index in [0.29, 0.717) is 0 Å². The van der Waals surface area contributed by atoms with Gasteiger partial charge >= 0.3 is 0 Å². The average molecular weight is 164 g/mol. The van der Waals surface area contributed by atoms with Crippen LogP contribution in [0.3, 0.4) is 0 Å². The van der Waals surface area contributed by atoms with Crippen molar-refractivity contribution < 1.29 is 4.43 Å². The number of hydrogen-bond acceptors (Lipinski definition) is 1. The highest BCUT2D eigenvalue weighted by atomic mass is 28.2. The highest BCUT2D eigenvalue weighted by Gasteiger charge is 1.87. The fourth-order valence-electron chi connectivity index (χ4n) is 0.834. The van der Waals surface area contributed by atoms with Crippen molar-refractivity contribution >= 4 is 9.76 Å². The lowest BCUT2D eigenvalue weighted by Crippen LogP contribution is -1.94. The van der Waals surface area contributed by atoms with Crippen LogP contribution in [0, 0.1) is 0 Å². The fourth-order valence-corrected chi connectivity index (χ4v) is 1.35. The molecule has 0 N–H and O–H groups in total. The van der Waals surface area contributed by atoms with E-state index >= 15 is 0 Å². The smallest absolute Gasteiger partial charge is 0.185 e. The minimum Gasteiger partial charge on any atom is -0.415 e. The van der Waals surface area contributed by atoms with Crippen molar-refractivity contribution in [3.05, 3.63) is 48.2 Å². The molecule has 0 aliphatic rings. The van der Waals surface area contributed by atoms with E-state index in [-0.39, 0.29) is 0 Å². The molecule has 0 spiro atoms. The molecule has 58 valence electrons. The number of rotatable bonds is 4. The van der Waals surface area contributed by atoms with Gasteiger partial charge in [-0.1, -0.05) is 36.0 Å². The van der Waals surface area contributed by atoms with Crippen LogP contribution in [0.5, 0.6) is 0 Å². The maximum Gasteiger partial charge on any atom is 0.185 e. The summed E-state index contributed by atoms with van der Waals surface area (Å²) in [5.74, 6) is 0. The van der Waals surface area contributed by atoms with E-state index in [2.05, 4.69) is 18.7 Å². The molecule has 0 heterocycles. The van der Waals surface area contributed by atoms with E-state index in [9.17, 15) is 0 Å². The minimum atomic E-state index is -0.458. The van der Waals surface area contributed by atoms with Crippen LogP contribution in [0.15, 0.2) is 42.6 Å². The van der Waals surface area contributed by atoms with Crippen molar-refractivity contribution in [2.45, 2.75) is 6.61 Å². The second-order valence-corrected chi connectivity index (χ2v) is 3.61. The quantitative estimate of drug-likeness (QED) is 0.483. The van der Waals surface area contributed by atoms with Gasteiger partial charge < -0.3 is 4.43 Å². The highest BCUT2D eigenvalue weighted by Crippen LogP contribution is 1.99. The van der Waals surface area contributed by atoms with Crippen LogP contribution in [0.1, 0.15) is 5.56 Å². The number of hydrogen-bond donors (Lipinski definition) is 0. The van der Waals surface area contributed by atoms with Gasteiger partial charge in [-0.3, -0.25) is 0 Å². The molecule has 0 unspecified atom stereocenters. The summed E-state index contributed by atoms with van der Waals surface area (Å²) in [5, 5.41) is 0. The standard InChI is InChI=1S/C9H12OSi/c1-2-11-10-8-9-6-4-3-5-7-9/h2-7H,1,8,11H2. The zero-order valence-electron chi connectivity index (χ0n) is 6.49. The van der Waals surface area contributed by atoms with Crippen LogP contribution in [0.4, 0.5) is 0 Å². The molecule has 0 radical (unpaired) electrons. The van der Waals surface area contributed by atoms with E-state index < -0.39 is 9.76 Å². The Hall–Kier alpha value is -0.863. The first-order valence-electron chi connectivity index (χ1n) is 3.66. The summed E-state index contributed by atoms with van der Waals surface area (Å²) in [6.07, 6.45) is 0. The van der Waals surface area contributed by atoms with Gasteiger partial charge in [0.2, 0.25) is 0 Å². The summed E-state index contributed by atoms with van der Waals surface area (Å²) < 4.78 is 5.39. The Morgan fingerprint density at radius 1 is 1.36 bits per heavy atom. The molecule has 0 aliphatic heterocycles. The van der Waals surface area contributed by atoms with Gasteiger partial charge in [-0.05, 0) is 5.56 Å². The first kappa shape index (κ1) is 8.24. The predicted molar refractivity (Wildman–Crippen MR) is 50.0 cm³/mol. The van der Waals surface area contributed by atoms with Gasteiger partial charge in [0.25, 0.3) is 0 Å². The SMILES string of the molecule is C=C[SiH2]OCc1ccccc1. The lowest BCUT2D eigenvalue weighted by atomic mass is 10.2. The molecule has 0 saturated heterocycles. The summed E-state index contributed by atoms with van der Waals surface area (Å²) in [6, 6.07) is 10.2. The van der Waals surface area contributed by atoms with Gasteiger partial charge in [0.1, 0.15) is 0 Å². The monoisotopic (exact) mass is 164 g/mol. The molecule has 0 aliphatic carbocycles. The zero-order chi connectivity index (χ0) is 7.94. The molecular formula is C9H12OSi. The summed E-state index contributed by atoms with van der Waals surface area (Å²) in [6.45, 7) is 4.36. The van der Waals surface area contributed by atoms with Gasteiger partial charge in [-0.25, -0.2) is 0 Å². The summed E-state index contributed by atoms with van der Waals surface area (Å²) in [7, 11) is -0.458. The third kappa shape index (κ3) is 3.16. The third-order valence-electron chi connectivity index (χ3n) is 1.35. The van der Waals surface area contributed by atoms with Crippen molar-refractivity contribution in [2.24, 2.45) is 0 Å². The second kappa shape index (κ2) is 4.88. The second-order valence-electron chi connectivity index (χ2n) is 2.29. The van der Waals surface area contributed by atoms with E-state index in [0.717, 1.165) is 6.61 Å². The van der Waals surface area contributed by atoms with Gasteiger partial charge in [-0.2, -0.15) is 0 Å². The Labute approximate surface area is 69.6 Å².